The second-order valence-electron chi connectivity index (χ2n) is 7.43. The van der Waals surface area contributed by atoms with Gasteiger partial charge in [-0.05, 0) is 30.7 Å². The van der Waals surface area contributed by atoms with E-state index in [1.165, 1.54) is 12.1 Å². The van der Waals surface area contributed by atoms with Crippen LogP contribution in [0.4, 0.5) is 4.39 Å². The number of hydrogen-bond acceptors (Lipinski definition) is 5. The van der Waals surface area contributed by atoms with Crippen molar-refractivity contribution in [2.24, 2.45) is 0 Å². The number of rotatable bonds is 5. The van der Waals surface area contributed by atoms with Crippen LogP contribution in [-0.2, 0) is 11.3 Å². The first kappa shape index (κ1) is 17.4. The fraction of sp³-hybridized carbons (Fsp3) is 0.400. The molecule has 2 saturated heterocycles. The van der Waals surface area contributed by atoms with Gasteiger partial charge >= 0.3 is 0 Å². The predicted molar refractivity (Wildman–Crippen MR) is 100 cm³/mol. The van der Waals surface area contributed by atoms with E-state index in [0.717, 1.165) is 37.6 Å². The van der Waals surface area contributed by atoms with Crippen molar-refractivity contribution in [3.63, 3.8) is 0 Å². The van der Waals surface area contributed by atoms with Gasteiger partial charge in [0.1, 0.15) is 29.0 Å². The van der Waals surface area contributed by atoms with Gasteiger partial charge < -0.3 is 14.5 Å². The number of likely N-dealkylation sites (tertiary alicyclic amines) is 1. The summed E-state index contributed by atoms with van der Waals surface area (Å²) in [6.07, 6.45) is 4.59. The molecule has 4 heterocycles. The van der Waals surface area contributed by atoms with Gasteiger partial charge in [0.25, 0.3) is 5.56 Å². The molecule has 2 aliphatic rings. The third-order valence-corrected chi connectivity index (χ3v) is 5.35. The largest absolute Gasteiger partial charge is 0.488 e. The number of nitrogens with zero attached hydrogens (tertiary/aromatic N) is 3. The Morgan fingerprint density at radius 3 is 2.86 bits per heavy atom. The normalized spacial score (nSPS) is 20.5. The zero-order valence-electron chi connectivity index (χ0n) is 15.3. The molecule has 2 aliphatic heterocycles. The van der Waals surface area contributed by atoms with Crippen LogP contribution in [0.1, 0.15) is 23.9 Å². The minimum atomic E-state index is -0.273. The third kappa shape index (κ3) is 3.29. The van der Waals surface area contributed by atoms with E-state index >= 15 is 0 Å². The topological polar surface area (TPSA) is 71.9 Å². The summed E-state index contributed by atoms with van der Waals surface area (Å²) in [5.41, 5.74) is 1.28. The van der Waals surface area contributed by atoms with Crippen LogP contribution in [0.2, 0.25) is 0 Å². The predicted octanol–water partition coefficient (Wildman–Crippen LogP) is 1.93. The lowest BCUT2D eigenvalue weighted by molar-refractivity contribution is 0.0137. The Bertz CT molecular complexity index is 1030. The molecule has 0 saturated carbocycles. The first-order valence-corrected chi connectivity index (χ1v) is 9.47. The lowest BCUT2D eigenvalue weighted by Gasteiger charge is -2.38. The molecule has 0 radical (unpaired) electrons. The Balaban J connectivity index is 1.26. The molecule has 2 fully saturated rings. The Morgan fingerprint density at radius 1 is 1.29 bits per heavy atom. The van der Waals surface area contributed by atoms with Crippen LogP contribution in [0, 0.1) is 5.82 Å². The molecule has 146 valence electrons. The lowest BCUT2D eigenvalue weighted by atomic mass is 10.1. The maximum Gasteiger partial charge on any atom is 0.274 e. The van der Waals surface area contributed by atoms with Crippen LogP contribution >= 0.6 is 0 Å². The highest BCUT2D eigenvalue weighted by Gasteiger charge is 2.29. The van der Waals surface area contributed by atoms with E-state index in [-0.39, 0.29) is 23.4 Å². The van der Waals surface area contributed by atoms with Crippen LogP contribution in [0.5, 0.6) is 5.75 Å². The smallest absolute Gasteiger partial charge is 0.274 e. The lowest BCUT2D eigenvalue weighted by Crippen LogP contribution is -2.53. The Morgan fingerprint density at radius 2 is 2.11 bits per heavy atom. The molecular weight excluding hydrogens is 363 g/mol. The third-order valence-electron chi connectivity index (χ3n) is 5.35. The van der Waals surface area contributed by atoms with Crippen LogP contribution in [0.15, 0.2) is 41.5 Å². The number of aromatic amines is 1. The second-order valence-corrected chi connectivity index (χ2v) is 7.43. The van der Waals surface area contributed by atoms with E-state index in [2.05, 4.69) is 14.9 Å². The number of benzene rings is 1. The van der Waals surface area contributed by atoms with E-state index in [4.69, 9.17) is 9.47 Å². The van der Waals surface area contributed by atoms with Crippen molar-refractivity contribution in [2.45, 2.75) is 25.0 Å². The quantitative estimate of drug-likeness (QED) is 0.728. The van der Waals surface area contributed by atoms with Gasteiger partial charge in [-0.2, -0.15) is 0 Å². The Hall–Kier alpha value is -2.71. The standard InChI is InChI=1S/C20H21FN4O3/c21-14-1-3-16(4-2-14)28-17-10-24(11-17)8-15-9-25-18(20(26)23-15)7-22-19(25)13-5-6-27-12-13/h1-4,7,9,13,17H,5-6,8,10-12H2,(H,23,26). The highest BCUT2D eigenvalue weighted by atomic mass is 19.1. The molecule has 8 heteroatoms. The highest BCUT2D eigenvalue weighted by Crippen LogP contribution is 2.25. The molecule has 0 amide bonds. The van der Waals surface area contributed by atoms with Crippen molar-refractivity contribution < 1.29 is 13.9 Å². The molecule has 28 heavy (non-hydrogen) atoms. The Labute approximate surface area is 160 Å². The van der Waals surface area contributed by atoms with Crippen LogP contribution < -0.4 is 10.3 Å². The van der Waals surface area contributed by atoms with Gasteiger partial charge in [-0.1, -0.05) is 0 Å². The number of aromatic nitrogens is 3. The fourth-order valence-corrected chi connectivity index (χ4v) is 3.87. The van der Waals surface area contributed by atoms with Gasteiger partial charge in [0, 0.05) is 44.0 Å². The molecule has 1 atom stereocenters. The minimum Gasteiger partial charge on any atom is -0.488 e. The van der Waals surface area contributed by atoms with Crippen molar-refractivity contribution >= 4 is 5.52 Å². The summed E-state index contributed by atoms with van der Waals surface area (Å²) >= 11 is 0. The molecule has 0 spiro atoms. The van der Waals surface area contributed by atoms with E-state index in [9.17, 15) is 9.18 Å². The zero-order valence-corrected chi connectivity index (χ0v) is 15.3. The van der Waals surface area contributed by atoms with Crippen molar-refractivity contribution in [1.82, 2.24) is 19.3 Å². The molecular formula is C20H21FN4O3. The number of halogens is 1. The zero-order chi connectivity index (χ0) is 19.1. The summed E-state index contributed by atoms with van der Waals surface area (Å²) in [6, 6.07) is 6.06. The first-order chi connectivity index (χ1) is 13.7. The number of imidazole rings is 1. The van der Waals surface area contributed by atoms with Crippen molar-refractivity contribution in [1.29, 1.82) is 0 Å². The maximum absolute atomic E-state index is 13.0. The molecule has 5 rings (SSSR count). The van der Waals surface area contributed by atoms with E-state index in [1.54, 1.807) is 18.3 Å². The number of fused-ring (bicyclic) bond motifs is 1. The average Bonchev–Trinajstić information content (AvgIpc) is 3.31. The van der Waals surface area contributed by atoms with Crippen LogP contribution in [0.25, 0.3) is 5.52 Å². The van der Waals surface area contributed by atoms with E-state index < -0.39 is 0 Å². The summed E-state index contributed by atoms with van der Waals surface area (Å²) in [7, 11) is 0. The summed E-state index contributed by atoms with van der Waals surface area (Å²) in [4.78, 5) is 22.0. The minimum absolute atomic E-state index is 0.0698. The molecule has 1 N–H and O–H groups in total. The number of hydrogen-bond donors (Lipinski definition) is 1. The van der Waals surface area contributed by atoms with Gasteiger partial charge in [-0.3, -0.25) is 14.1 Å². The molecule has 1 unspecified atom stereocenters. The van der Waals surface area contributed by atoms with Gasteiger partial charge in [0.2, 0.25) is 0 Å². The van der Waals surface area contributed by atoms with Crippen LogP contribution in [0.3, 0.4) is 0 Å². The monoisotopic (exact) mass is 384 g/mol. The van der Waals surface area contributed by atoms with Gasteiger partial charge in [0.15, 0.2) is 0 Å². The summed E-state index contributed by atoms with van der Waals surface area (Å²) in [5.74, 6) is 1.52. The van der Waals surface area contributed by atoms with Gasteiger partial charge in [-0.25, -0.2) is 9.37 Å². The number of nitrogens with one attached hydrogen (secondary N) is 1. The number of ether oxygens (including phenoxy) is 2. The second kappa shape index (κ2) is 7.03. The molecule has 0 bridgehead atoms. The van der Waals surface area contributed by atoms with Crippen LogP contribution in [-0.4, -0.2) is 51.7 Å². The molecule has 2 aromatic heterocycles. The molecule has 3 aromatic rings. The Kier molecular flexibility index (Phi) is 4.37. The van der Waals surface area contributed by atoms with Gasteiger partial charge in [0.05, 0.1) is 12.8 Å². The summed E-state index contributed by atoms with van der Waals surface area (Å²) in [6.45, 7) is 3.53. The first-order valence-electron chi connectivity index (χ1n) is 9.47. The average molecular weight is 384 g/mol. The summed E-state index contributed by atoms with van der Waals surface area (Å²) < 4.78 is 26.2. The van der Waals surface area contributed by atoms with Crippen molar-refractivity contribution in [3.05, 3.63) is 64.3 Å². The van der Waals surface area contributed by atoms with E-state index in [0.29, 0.717) is 24.4 Å². The fourth-order valence-electron chi connectivity index (χ4n) is 3.87. The highest BCUT2D eigenvalue weighted by molar-refractivity contribution is 5.44. The van der Waals surface area contributed by atoms with E-state index in [1.807, 2.05) is 10.6 Å². The van der Waals surface area contributed by atoms with Crippen molar-refractivity contribution in [2.75, 3.05) is 26.3 Å². The number of H-pyrrole nitrogens is 1. The molecule has 1 aromatic carbocycles. The molecule has 0 aliphatic carbocycles. The van der Waals surface area contributed by atoms with Gasteiger partial charge in [-0.15, -0.1) is 0 Å². The maximum atomic E-state index is 13.0. The molecule has 7 nitrogen and oxygen atoms in total. The van der Waals surface area contributed by atoms with Crippen molar-refractivity contribution in [3.8, 4) is 5.75 Å². The SMILES string of the molecule is O=c1[nH]c(CN2CC(Oc3ccc(F)cc3)C2)cn2c(C3CCOC3)ncc12. The summed E-state index contributed by atoms with van der Waals surface area (Å²) in [5, 5.41) is 0.